The molecule has 1 atom stereocenters. The first-order valence-electron chi connectivity index (χ1n) is 17.1. The molecule has 6 nitrogen and oxygen atoms in total. The van der Waals surface area contributed by atoms with Gasteiger partial charge in [0, 0.05) is 43.4 Å². The monoisotopic (exact) mass is 656 g/mol. The number of aliphatic imine (C=N–C) groups is 2. The maximum absolute atomic E-state index is 6.62. The number of furan rings is 2. The van der Waals surface area contributed by atoms with Crippen LogP contribution in [0.2, 0.25) is 0 Å². The van der Waals surface area contributed by atoms with Gasteiger partial charge in [-0.15, -0.1) is 0 Å². The molecule has 51 heavy (non-hydrogen) atoms. The summed E-state index contributed by atoms with van der Waals surface area (Å²) in [5.41, 5.74) is 9.71. The van der Waals surface area contributed by atoms with Gasteiger partial charge in [-0.1, -0.05) is 109 Å². The van der Waals surface area contributed by atoms with E-state index in [4.69, 9.17) is 18.8 Å². The Labute approximate surface area is 291 Å². The van der Waals surface area contributed by atoms with Crippen molar-refractivity contribution in [2.45, 2.75) is 6.17 Å². The number of aromatic nitrogens is 1. The van der Waals surface area contributed by atoms with Crippen LogP contribution in [0.15, 0.2) is 177 Å². The number of hydrogen-bond acceptors (Lipinski definition) is 5. The van der Waals surface area contributed by atoms with Crippen LogP contribution in [0.1, 0.15) is 17.3 Å². The first-order valence-corrected chi connectivity index (χ1v) is 17.1. The topological polar surface area (TPSA) is 68.0 Å². The fraction of sp³-hybridized carbons (Fsp3) is 0.0222. The first kappa shape index (κ1) is 28.0. The van der Waals surface area contributed by atoms with Gasteiger partial charge in [-0.3, -0.25) is 4.57 Å². The molecule has 0 aliphatic carbocycles. The Hall–Kier alpha value is -6.92. The van der Waals surface area contributed by atoms with E-state index in [1.54, 1.807) is 0 Å². The zero-order chi connectivity index (χ0) is 33.5. The van der Waals surface area contributed by atoms with Crippen LogP contribution in [0.25, 0.3) is 76.8 Å². The maximum Gasteiger partial charge on any atom is 0.234 e. The van der Waals surface area contributed by atoms with Crippen LogP contribution in [0.5, 0.6) is 0 Å². The van der Waals surface area contributed by atoms with Crippen LogP contribution in [0.3, 0.4) is 0 Å². The second-order valence-corrected chi connectivity index (χ2v) is 13.0. The van der Waals surface area contributed by atoms with Crippen molar-refractivity contribution in [1.29, 1.82) is 0 Å². The van der Waals surface area contributed by atoms with Crippen LogP contribution in [-0.2, 0) is 0 Å². The van der Waals surface area contributed by atoms with E-state index < -0.39 is 0 Å². The average molecular weight is 657 g/mol. The number of hydrogen-bond donors (Lipinski definition) is 1. The lowest BCUT2D eigenvalue weighted by molar-refractivity contribution is 0.667. The standard InChI is InChI=1S/C45H28N4O2/c1-2-11-27(12-3-1)43-46-44(48-45(47-43)49-37-18-7-4-13-31(37)32-14-5-8-19-38(32)49)29-22-24-41-36(26-29)34-17-10-16-30(42(34)51-41)28-21-23-40-35(25-28)33-15-6-9-20-39(33)50-40/h1-26,43H,(H,46,47,48). The predicted octanol–water partition coefficient (Wildman–Crippen LogP) is 11.2. The Balaban J connectivity index is 1.07. The molecule has 1 N–H and O–H groups in total. The van der Waals surface area contributed by atoms with E-state index in [1.165, 1.54) is 10.8 Å². The minimum absolute atomic E-state index is 0.328. The molecule has 1 aliphatic heterocycles. The third-order valence-corrected chi connectivity index (χ3v) is 10.1. The van der Waals surface area contributed by atoms with Crippen molar-refractivity contribution in [3.63, 3.8) is 0 Å². The van der Waals surface area contributed by atoms with Crippen molar-refractivity contribution < 1.29 is 8.83 Å². The Morgan fingerprint density at radius 2 is 1.10 bits per heavy atom. The molecule has 3 aromatic heterocycles. The smallest absolute Gasteiger partial charge is 0.234 e. The normalized spacial score (nSPS) is 14.9. The molecule has 0 amide bonds. The fourth-order valence-corrected chi connectivity index (χ4v) is 7.69. The summed E-state index contributed by atoms with van der Waals surface area (Å²) in [6.45, 7) is 0. The average Bonchev–Trinajstić information content (AvgIpc) is 3.87. The lowest BCUT2D eigenvalue weighted by Crippen LogP contribution is -2.35. The van der Waals surface area contributed by atoms with Crippen molar-refractivity contribution in [3.8, 4) is 11.1 Å². The SMILES string of the molecule is c1ccc(C2N=C(n3c4ccccc4c4ccccc43)N=C(c3ccc4oc5c(-c6ccc7oc8ccccc8c7c6)cccc5c4c3)N2)cc1. The molecule has 1 unspecified atom stereocenters. The third-order valence-electron chi connectivity index (χ3n) is 10.1. The van der Waals surface area contributed by atoms with E-state index in [2.05, 4.69) is 131 Å². The fourth-order valence-electron chi connectivity index (χ4n) is 7.69. The zero-order valence-corrected chi connectivity index (χ0v) is 27.2. The summed E-state index contributed by atoms with van der Waals surface area (Å²) in [7, 11) is 0. The number of nitrogens with one attached hydrogen (secondary N) is 1. The molecular formula is C45H28N4O2. The van der Waals surface area contributed by atoms with Gasteiger partial charge < -0.3 is 14.2 Å². The van der Waals surface area contributed by atoms with Crippen molar-refractivity contribution >= 4 is 77.5 Å². The van der Waals surface area contributed by atoms with Gasteiger partial charge in [-0.2, -0.15) is 4.99 Å². The summed E-state index contributed by atoms with van der Waals surface area (Å²) < 4.78 is 14.9. The van der Waals surface area contributed by atoms with E-state index in [0.29, 0.717) is 5.96 Å². The minimum atomic E-state index is -0.328. The molecule has 0 spiro atoms. The van der Waals surface area contributed by atoms with E-state index in [-0.39, 0.29) is 6.17 Å². The molecule has 4 heterocycles. The molecule has 240 valence electrons. The first-order chi connectivity index (χ1) is 25.3. The van der Waals surface area contributed by atoms with Crippen LogP contribution in [0, 0.1) is 0 Å². The molecule has 0 saturated heterocycles. The van der Waals surface area contributed by atoms with Gasteiger partial charge in [0.1, 0.15) is 34.3 Å². The highest BCUT2D eigenvalue weighted by molar-refractivity contribution is 6.18. The number of rotatable bonds is 3. The molecule has 0 fully saturated rings. The molecule has 1 aliphatic rings. The largest absolute Gasteiger partial charge is 0.456 e. The predicted molar refractivity (Wildman–Crippen MR) is 208 cm³/mol. The maximum atomic E-state index is 6.62. The van der Waals surface area contributed by atoms with Crippen LogP contribution < -0.4 is 5.32 Å². The molecule has 11 rings (SSSR count). The van der Waals surface area contributed by atoms with E-state index in [0.717, 1.165) is 83.0 Å². The quantitative estimate of drug-likeness (QED) is 0.206. The van der Waals surface area contributed by atoms with Crippen molar-refractivity contribution in [1.82, 2.24) is 9.88 Å². The van der Waals surface area contributed by atoms with Crippen LogP contribution in [0.4, 0.5) is 0 Å². The number of nitrogens with zero attached hydrogens (tertiary/aromatic N) is 3. The highest BCUT2D eigenvalue weighted by atomic mass is 16.3. The van der Waals surface area contributed by atoms with E-state index >= 15 is 0 Å². The molecular weight excluding hydrogens is 629 g/mol. The molecule has 0 saturated carbocycles. The summed E-state index contributed by atoms with van der Waals surface area (Å²) in [5.74, 6) is 1.39. The third kappa shape index (κ3) is 4.30. The number of benzene rings is 7. The summed E-state index contributed by atoms with van der Waals surface area (Å²) in [5, 5.41) is 10.3. The summed E-state index contributed by atoms with van der Waals surface area (Å²) in [4.78, 5) is 10.4. The highest BCUT2D eigenvalue weighted by Gasteiger charge is 2.24. The second kappa shape index (κ2) is 10.8. The van der Waals surface area contributed by atoms with Gasteiger partial charge >= 0.3 is 0 Å². The molecule has 7 aromatic carbocycles. The Morgan fingerprint density at radius 3 is 1.90 bits per heavy atom. The lowest BCUT2D eigenvalue weighted by atomic mass is 10.00. The molecule has 0 bridgehead atoms. The highest BCUT2D eigenvalue weighted by Crippen LogP contribution is 2.39. The van der Waals surface area contributed by atoms with Gasteiger partial charge in [-0.05, 0) is 59.7 Å². The van der Waals surface area contributed by atoms with Crippen molar-refractivity contribution in [3.05, 3.63) is 169 Å². The van der Waals surface area contributed by atoms with E-state index in [9.17, 15) is 0 Å². The Kier molecular flexibility index (Phi) is 5.92. The Bertz CT molecular complexity index is 3020. The van der Waals surface area contributed by atoms with Gasteiger partial charge in [0.2, 0.25) is 5.96 Å². The summed E-state index contributed by atoms with van der Waals surface area (Å²) in [6.07, 6.45) is -0.328. The second-order valence-electron chi connectivity index (χ2n) is 13.0. The van der Waals surface area contributed by atoms with Gasteiger partial charge in [-0.25, -0.2) is 4.99 Å². The lowest BCUT2D eigenvalue weighted by Gasteiger charge is -2.24. The van der Waals surface area contributed by atoms with E-state index in [1.807, 2.05) is 36.4 Å². The molecule has 6 heteroatoms. The van der Waals surface area contributed by atoms with Crippen LogP contribution >= 0.6 is 0 Å². The number of para-hydroxylation sites is 4. The number of fused-ring (bicyclic) bond motifs is 9. The van der Waals surface area contributed by atoms with Crippen LogP contribution in [-0.4, -0.2) is 16.4 Å². The number of amidine groups is 1. The zero-order valence-electron chi connectivity index (χ0n) is 27.2. The minimum Gasteiger partial charge on any atom is -0.456 e. The van der Waals surface area contributed by atoms with Gasteiger partial charge in [0.05, 0.1) is 11.0 Å². The van der Waals surface area contributed by atoms with Gasteiger partial charge in [0.25, 0.3) is 0 Å². The Morgan fingerprint density at radius 1 is 0.490 bits per heavy atom. The van der Waals surface area contributed by atoms with Gasteiger partial charge in [0.15, 0.2) is 0 Å². The molecule has 0 radical (unpaired) electrons. The summed E-state index contributed by atoms with van der Waals surface area (Å²) >= 11 is 0. The van der Waals surface area contributed by atoms with Crippen molar-refractivity contribution in [2.75, 3.05) is 0 Å². The van der Waals surface area contributed by atoms with Crippen molar-refractivity contribution in [2.24, 2.45) is 9.98 Å². The molecule has 10 aromatic rings. The summed E-state index contributed by atoms with van der Waals surface area (Å²) in [6, 6.07) is 54.4.